The average molecular weight is 232 g/mol. The number of benzene rings is 1. The lowest BCUT2D eigenvalue weighted by Gasteiger charge is -2.13. The van der Waals surface area contributed by atoms with Crippen LogP contribution in [0.3, 0.4) is 0 Å². The van der Waals surface area contributed by atoms with Gasteiger partial charge in [-0.15, -0.1) is 0 Å². The summed E-state index contributed by atoms with van der Waals surface area (Å²) in [6.45, 7) is 7.31. The van der Waals surface area contributed by atoms with Crippen molar-refractivity contribution in [2.24, 2.45) is 0 Å². The Kier molecular flexibility index (Phi) is 3.97. The Morgan fingerprint density at radius 3 is 3.00 bits per heavy atom. The van der Waals surface area contributed by atoms with Crippen LogP contribution in [0.5, 0.6) is 0 Å². The van der Waals surface area contributed by atoms with Crippen molar-refractivity contribution in [1.82, 2.24) is 0 Å². The van der Waals surface area contributed by atoms with E-state index in [4.69, 9.17) is 9.47 Å². The molecule has 1 fully saturated rings. The maximum Gasteiger partial charge on any atom is 0.192 e. The van der Waals surface area contributed by atoms with Gasteiger partial charge in [-0.3, -0.25) is 0 Å². The largest absolute Gasteiger partial charge is 0.343 e. The molecule has 0 spiro atoms. The van der Waals surface area contributed by atoms with Crippen LogP contribution in [0.1, 0.15) is 37.3 Å². The first kappa shape index (κ1) is 12.3. The van der Waals surface area contributed by atoms with Crippen molar-refractivity contribution in [1.29, 1.82) is 0 Å². The summed E-state index contributed by atoms with van der Waals surface area (Å²) in [5, 5.41) is 0. The Bertz CT molecular complexity index is 380. The van der Waals surface area contributed by atoms with E-state index in [1.165, 1.54) is 12.0 Å². The lowest BCUT2D eigenvalue weighted by atomic mass is 10.1. The smallest absolute Gasteiger partial charge is 0.192 e. The van der Waals surface area contributed by atoms with Gasteiger partial charge in [0.15, 0.2) is 5.79 Å². The molecule has 0 bridgehead atoms. The van der Waals surface area contributed by atoms with Crippen LogP contribution in [0.2, 0.25) is 0 Å². The zero-order valence-electron chi connectivity index (χ0n) is 10.4. The molecule has 0 N–H and O–H groups in total. The van der Waals surface area contributed by atoms with Gasteiger partial charge in [0.05, 0.1) is 6.61 Å². The van der Waals surface area contributed by atoms with Gasteiger partial charge in [-0.1, -0.05) is 44.2 Å². The Morgan fingerprint density at radius 1 is 1.53 bits per heavy atom. The molecule has 92 valence electrons. The number of hydrogen-bond acceptors (Lipinski definition) is 2. The highest BCUT2D eigenvalue weighted by Crippen LogP contribution is 2.34. The molecule has 0 amide bonds. The second-order valence-electron chi connectivity index (χ2n) is 4.54. The van der Waals surface area contributed by atoms with Gasteiger partial charge in [0.25, 0.3) is 0 Å². The highest BCUT2D eigenvalue weighted by molar-refractivity contribution is 5.47. The molecule has 0 aromatic heterocycles. The van der Waals surface area contributed by atoms with Crippen molar-refractivity contribution < 1.29 is 9.47 Å². The van der Waals surface area contributed by atoms with Crippen molar-refractivity contribution in [2.75, 3.05) is 6.61 Å². The minimum atomic E-state index is -0.278. The van der Waals surface area contributed by atoms with Crippen molar-refractivity contribution in [3.05, 3.63) is 42.0 Å². The fraction of sp³-hybridized carbons (Fsp3) is 0.467. The van der Waals surface area contributed by atoms with E-state index in [1.54, 1.807) is 0 Å². The second kappa shape index (κ2) is 5.48. The van der Waals surface area contributed by atoms with Gasteiger partial charge < -0.3 is 9.47 Å². The molecule has 0 radical (unpaired) electrons. The minimum Gasteiger partial charge on any atom is -0.343 e. The minimum absolute atomic E-state index is 0.278. The maximum atomic E-state index is 5.87. The summed E-state index contributed by atoms with van der Waals surface area (Å²) in [7, 11) is 0. The highest BCUT2D eigenvalue weighted by Gasteiger charge is 2.45. The number of hydrogen-bond donors (Lipinski definition) is 0. The van der Waals surface area contributed by atoms with Crippen molar-refractivity contribution in [3.63, 3.8) is 0 Å². The molecule has 1 saturated heterocycles. The Hall–Kier alpha value is -1.12. The lowest BCUT2D eigenvalue weighted by Crippen LogP contribution is -2.15. The highest BCUT2D eigenvalue weighted by atomic mass is 16.8. The van der Waals surface area contributed by atoms with Crippen LogP contribution >= 0.6 is 0 Å². The van der Waals surface area contributed by atoms with Crippen LogP contribution in [-0.2, 0) is 16.1 Å². The van der Waals surface area contributed by atoms with Crippen molar-refractivity contribution >= 4 is 6.08 Å². The van der Waals surface area contributed by atoms with Crippen molar-refractivity contribution in [3.8, 4) is 0 Å². The van der Waals surface area contributed by atoms with Gasteiger partial charge in [0, 0.05) is 6.42 Å². The molecule has 1 atom stereocenters. The molecule has 1 aliphatic rings. The Morgan fingerprint density at radius 2 is 2.35 bits per heavy atom. The van der Waals surface area contributed by atoms with E-state index in [0.717, 1.165) is 25.0 Å². The van der Waals surface area contributed by atoms with Gasteiger partial charge in [0.2, 0.25) is 0 Å². The molecule has 1 aliphatic heterocycles. The summed E-state index contributed by atoms with van der Waals surface area (Å²) < 4.78 is 11.3. The summed E-state index contributed by atoms with van der Waals surface area (Å²) in [5.74, 6) is -0.278. The van der Waals surface area contributed by atoms with E-state index in [-0.39, 0.29) is 5.79 Å². The van der Waals surface area contributed by atoms with Crippen LogP contribution in [0.15, 0.2) is 30.8 Å². The van der Waals surface area contributed by atoms with Crippen LogP contribution in [0.25, 0.3) is 6.08 Å². The first-order chi connectivity index (χ1) is 8.28. The summed E-state index contributed by atoms with van der Waals surface area (Å²) >= 11 is 0. The zero-order valence-corrected chi connectivity index (χ0v) is 10.4. The third-order valence-electron chi connectivity index (χ3n) is 3.07. The third-order valence-corrected chi connectivity index (χ3v) is 3.07. The van der Waals surface area contributed by atoms with Crippen molar-refractivity contribution in [2.45, 2.75) is 38.6 Å². The van der Waals surface area contributed by atoms with Crippen LogP contribution < -0.4 is 0 Å². The Balaban J connectivity index is 1.87. The molecule has 2 nitrogen and oxygen atoms in total. The van der Waals surface area contributed by atoms with E-state index >= 15 is 0 Å². The first-order valence-electron chi connectivity index (χ1n) is 6.27. The number of epoxide rings is 1. The van der Waals surface area contributed by atoms with Crippen LogP contribution in [0, 0.1) is 0 Å². The Labute approximate surface area is 103 Å². The predicted octanol–water partition coefficient (Wildman–Crippen LogP) is 3.76. The summed E-state index contributed by atoms with van der Waals surface area (Å²) in [6, 6.07) is 8.24. The van der Waals surface area contributed by atoms with E-state index in [1.807, 2.05) is 18.2 Å². The normalized spacial score (nSPS) is 22.4. The summed E-state index contributed by atoms with van der Waals surface area (Å²) in [5.41, 5.74) is 2.30. The molecular formula is C15H20O2. The van der Waals surface area contributed by atoms with Gasteiger partial charge >= 0.3 is 0 Å². The van der Waals surface area contributed by atoms with Gasteiger partial charge in [-0.05, 0) is 23.6 Å². The molecule has 0 saturated carbocycles. The van der Waals surface area contributed by atoms with Gasteiger partial charge in [-0.2, -0.15) is 0 Å². The molecule has 1 aromatic carbocycles. The number of ether oxygens (including phenoxy) is 2. The lowest BCUT2D eigenvalue weighted by molar-refractivity contribution is -0.0601. The molecular weight excluding hydrogens is 212 g/mol. The molecule has 2 rings (SSSR count). The number of unbranched alkanes of at least 4 members (excludes halogenated alkanes) is 1. The summed E-state index contributed by atoms with van der Waals surface area (Å²) in [4.78, 5) is 0. The standard InChI is InChI=1S/C15H20O2/c1-3-5-9-15(12-17-15)16-11-14-8-6-7-13(4-2)10-14/h4,6-8,10H,2-3,5,9,11-12H2,1H3. The van der Waals surface area contributed by atoms with Crippen LogP contribution in [-0.4, -0.2) is 12.4 Å². The molecule has 2 heteroatoms. The quantitative estimate of drug-likeness (QED) is 0.668. The molecule has 1 unspecified atom stereocenters. The molecule has 0 aliphatic carbocycles. The fourth-order valence-electron chi connectivity index (χ4n) is 1.85. The topological polar surface area (TPSA) is 21.8 Å². The molecule has 1 heterocycles. The van der Waals surface area contributed by atoms with Gasteiger partial charge in [0.1, 0.15) is 6.61 Å². The monoisotopic (exact) mass is 232 g/mol. The van der Waals surface area contributed by atoms with E-state index in [0.29, 0.717) is 6.61 Å². The maximum absolute atomic E-state index is 5.87. The van der Waals surface area contributed by atoms with E-state index in [2.05, 4.69) is 25.6 Å². The average Bonchev–Trinajstić information content (AvgIpc) is 3.15. The van der Waals surface area contributed by atoms with Crippen LogP contribution in [0.4, 0.5) is 0 Å². The third kappa shape index (κ3) is 3.42. The predicted molar refractivity (Wildman–Crippen MR) is 69.5 cm³/mol. The van der Waals surface area contributed by atoms with E-state index < -0.39 is 0 Å². The number of rotatable bonds is 7. The van der Waals surface area contributed by atoms with E-state index in [9.17, 15) is 0 Å². The second-order valence-corrected chi connectivity index (χ2v) is 4.54. The zero-order chi connectivity index (χ0) is 12.1. The van der Waals surface area contributed by atoms with Gasteiger partial charge in [-0.25, -0.2) is 0 Å². The molecule has 17 heavy (non-hydrogen) atoms. The molecule has 1 aromatic rings. The summed E-state index contributed by atoms with van der Waals surface area (Å²) in [6.07, 6.45) is 5.20. The fourth-order valence-corrected chi connectivity index (χ4v) is 1.85. The SMILES string of the molecule is C=Cc1cccc(COC2(CCCC)CO2)c1. The first-order valence-corrected chi connectivity index (χ1v) is 6.27.